The van der Waals surface area contributed by atoms with E-state index in [2.05, 4.69) is 4.98 Å². The highest BCUT2D eigenvalue weighted by molar-refractivity contribution is 7.91. The van der Waals surface area contributed by atoms with Gasteiger partial charge in [0.05, 0.1) is 29.0 Å². The van der Waals surface area contributed by atoms with Crippen LogP contribution < -0.4 is 5.73 Å². The fraction of sp³-hybridized carbons (Fsp3) is 0.444. The highest BCUT2D eigenvalue weighted by atomic mass is 35.5. The van der Waals surface area contributed by atoms with E-state index < -0.39 is 15.9 Å². The van der Waals surface area contributed by atoms with Gasteiger partial charge in [-0.3, -0.25) is 4.98 Å². The summed E-state index contributed by atoms with van der Waals surface area (Å²) >= 11 is 0. The minimum Gasteiger partial charge on any atom is -0.394 e. The molecule has 1 unspecified atom stereocenters. The minimum atomic E-state index is -3.21. The van der Waals surface area contributed by atoms with Gasteiger partial charge in [0.15, 0.2) is 9.84 Å². The fourth-order valence-electron chi connectivity index (χ4n) is 1.06. The molecule has 1 atom stereocenters. The van der Waals surface area contributed by atoms with Crippen molar-refractivity contribution < 1.29 is 13.5 Å². The molecule has 3 N–H and O–H groups in total. The van der Waals surface area contributed by atoms with Gasteiger partial charge < -0.3 is 10.8 Å². The molecule has 0 radical (unpaired) electrons. The van der Waals surface area contributed by atoms with Crippen molar-refractivity contribution in [2.75, 3.05) is 12.4 Å². The van der Waals surface area contributed by atoms with Crippen molar-refractivity contribution in [1.82, 2.24) is 4.98 Å². The molecule has 1 rings (SSSR count). The molecule has 1 aromatic rings. The lowest BCUT2D eigenvalue weighted by molar-refractivity contribution is 0.266. The summed E-state index contributed by atoms with van der Waals surface area (Å²) in [5, 5.41) is 8.78. The first-order chi connectivity index (χ1) is 7.01. The first kappa shape index (κ1) is 19.0. The summed E-state index contributed by atoms with van der Waals surface area (Å²) in [4.78, 5) is 4.08. The normalized spacial score (nSPS) is 12.2. The molecular weight excluding hydrogens is 287 g/mol. The van der Waals surface area contributed by atoms with Crippen LogP contribution in [0.4, 0.5) is 0 Å². The minimum absolute atomic E-state index is 0. The Labute approximate surface area is 113 Å². The van der Waals surface area contributed by atoms with Crippen LogP contribution >= 0.6 is 24.8 Å². The van der Waals surface area contributed by atoms with E-state index in [4.69, 9.17) is 10.8 Å². The molecule has 0 amide bonds. The van der Waals surface area contributed by atoms with E-state index in [-0.39, 0.29) is 42.1 Å². The molecule has 0 bridgehead atoms. The lowest BCUT2D eigenvalue weighted by atomic mass is 10.2. The molecule has 5 nitrogen and oxygen atoms in total. The fourth-order valence-corrected chi connectivity index (χ4v) is 1.88. The monoisotopic (exact) mass is 302 g/mol. The van der Waals surface area contributed by atoms with Gasteiger partial charge >= 0.3 is 0 Å². The molecule has 0 aliphatic rings. The summed E-state index contributed by atoms with van der Waals surface area (Å²) in [7, 11) is -3.21. The van der Waals surface area contributed by atoms with Gasteiger partial charge in [-0.25, -0.2) is 8.42 Å². The Morgan fingerprint density at radius 3 is 2.35 bits per heavy atom. The predicted octanol–water partition coefficient (Wildman–Crippen LogP) is 0.711. The highest BCUT2D eigenvalue weighted by Gasteiger charge is 2.13. The maximum Gasteiger partial charge on any atom is 0.179 e. The van der Waals surface area contributed by atoms with Gasteiger partial charge in [0.25, 0.3) is 0 Å². The largest absolute Gasteiger partial charge is 0.394 e. The van der Waals surface area contributed by atoms with Gasteiger partial charge in [-0.15, -0.1) is 24.8 Å². The first-order valence-corrected chi connectivity index (χ1v) is 6.21. The summed E-state index contributed by atoms with van der Waals surface area (Å²) in [6.07, 6.45) is 1.27. The quantitative estimate of drug-likeness (QED) is 0.854. The number of halogens is 2. The second-order valence-electron chi connectivity index (χ2n) is 3.11. The second kappa shape index (κ2) is 7.84. The summed E-state index contributed by atoms with van der Waals surface area (Å²) < 4.78 is 22.9. The zero-order chi connectivity index (χ0) is 11.5. The van der Waals surface area contributed by atoms with Crippen molar-refractivity contribution >= 4 is 34.7 Å². The average Bonchev–Trinajstić information content (AvgIpc) is 2.28. The molecule has 17 heavy (non-hydrogen) atoms. The van der Waals surface area contributed by atoms with Crippen LogP contribution in [0.15, 0.2) is 23.2 Å². The Morgan fingerprint density at radius 1 is 1.41 bits per heavy atom. The van der Waals surface area contributed by atoms with E-state index in [9.17, 15) is 8.42 Å². The van der Waals surface area contributed by atoms with Crippen molar-refractivity contribution in [2.24, 2.45) is 5.73 Å². The lowest BCUT2D eigenvalue weighted by Crippen LogP contribution is -2.16. The predicted molar refractivity (Wildman–Crippen MR) is 70.5 cm³/mol. The Kier molecular flexibility index (Phi) is 8.74. The van der Waals surface area contributed by atoms with Crippen LogP contribution in [-0.4, -0.2) is 30.9 Å². The van der Waals surface area contributed by atoms with Crippen LogP contribution in [0.1, 0.15) is 18.7 Å². The van der Waals surface area contributed by atoms with Crippen molar-refractivity contribution in [3.8, 4) is 0 Å². The Morgan fingerprint density at radius 2 is 2.00 bits per heavy atom. The van der Waals surface area contributed by atoms with Gasteiger partial charge in [0.1, 0.15) is 0 Å². The number of rotatable bonds is 4. The van der Waals surface area contributed by atoms with Gasteiger partial charge in [-0.1, -0.05) is 6.92 Å². The molecule has 0 aromatic carbocycles. The van der Waals surface area contributed by atoms with E-state index in [0.29, 0.717) is 5.69 Å². The Bertz CT molecular complexity index is 422. The summed E-state index contributed by atoms with van der Waals surface area (Å²) in [6, 6.07) is 2.41. The average molecular weight is 303 g/mol. The molecule has 0 saturated carbocycles. The van der Waals surface area contributed by atoms with E-state index in [1.54, 1.807) is 6.92 Å². The third kappa shape index (κ3) is 4.77. The Balaban J connectivity index is 0. The van der Waals surface area contributed by atoms with Crippen LogP contribution in [0.5, 0.6) is 0 Å². The molecule has 100 valence electrons. The zero-order valence-electron chi connectivity index (χ0n) is 9.24. The number of pyridine rings is 1. The summed E-state index contributed by atoms with van der Waals surface area (Å²) in [6.45, 7) is 1.36. The van der Waals surface area contributed by atoms with Crippen LogP contribution in [-0.2, 0) is 9.84 Å². The number of nitrogens with two attached hydrogens (primary N) is 1. The molecule has 1 aromatic heterocycles. The van der Waals surface area contributed by atoms with E-state index in [0.717, 1.165) is 0 Å². The standard InChI is InChI=1S/C9H14N2O3S.2ClH/c1-2-15(13,14)7-3-4-9(11-5-7)8(10)6-12;;/h3-5,8,12H,2,6,10H2,1H3;2*1H. The lowest BCUT2D eigenvalue weighted by Gasteiger charge is -2.07. The van der Waals surface area contributed by atoms with Crippen LogP contribution in [0.2, 0.25) is 0 Å². The summed E-state index contributed by atoms with van der Waals surface area (Å²) in [5.74, 6) is 0.0417. The number of sulfone groups is 1. The van der Waals surface area contributed by atoms with Gasteiger partial charge in [0, 0.05) is 6.20 Å². The third-order valence-corrected chi connectivity index (χ3v) is 3.79. The molecule has 8 heteroatoms. The van der Waals surface area contributed by atoms with Crippen LogP contribution in [0.25, 0.3) is 0 Å². The van der Waals surface area contributed by atoms with Gasteiger partial charge in [-0.2, -0.15) is 0 Å². The van der Waals surface area contributed by atoms with E-state index >= 15 is 0 Å². The number of aromatic nitrogens is 1. The van der Waals surface area contributed by atoms with E-state index in [1.165, 1.54) is 18.3 Å². The SMILES string of the molecule is CCS(=O)(=O)c1ccc(C(N)CO)nc1.Cl.Cl. The molecule has 0 fully saturated rings. The van der Waals surface area contributed by atoms with Gasteiger partial charge in [-0.05, 0) is 12.1 Å². The van der Waals surface area contributed by atoms with Crippen molar-refractivity contribution in [1.29, 1.82) is 0 Å². The third-order valence-electron chi connectivity index (χ3n) is 2.07. The van der Waals surface area contributed by atoms with Crippen LogP contribution in [0, 0.1) is 0 Å². The highest BCUT2D eigenvalue weighted by Crippen LogP contribution is 2.12. The smallest absolute Gasteiger partial charge is 0.179 e. The molecule has 0 saturated heterocycles. The van der Waals surface area contributed by atoms with E-state index in [1.807, 2.05) is 0 Å². The zero-order valence-corrected chi connectivity index (χ0v) is 11.7. The number of aliphatic hydroxyl groups excluding tert-OH is 1. The number of aliphatic hydroxyl groups is 1. The maximum absolute atomic E-state index is 11.4. The van der Waals surface area contributed by atoms with Crippen molar-refractivity contribution in [3.05, 3.63) is 24.0 Å². The number of nitrogens with zero attached hydrogens (tertiary/aromatic N) is 1. The summed E-state index contributed by atoms with van der Waals surface area (Å²) in [5.41, 5.74) is 6.00. The van der Waals surface area contributed by atoms with Crippen molar-refractivity contribution in [2.45, 2.75) is 17.9 Å². The van der Waals surface area contributed by atoms with Crippen molar-refractivity contribution in [3.63, 3.8) is 0 Å². The maximum atomic E-state index is 11.4. The second-order valence-corrected chi connectivity index (χ2v) is 5.39. The molecule has 0 aliphatic heterocycles. The molecule has 0 spiro atoms. The van der Waals surface area contributed by atoms with Crippen LogP contribution in [0.3, 0.4) is 0 Å². The molecular formula is C9H16Cl2N2O3S. The first-order valence-electron chi connectivity index (χ1n) is 4.56. The number of hydrogen-bond acceptors (Lipinski definition) is 5. The molecule has 0 aliphatic carbocycles. The number of hydrogen-bond donors (Lipinski definition) is 2. The molecule has 1 heterocycles. The van der Waals surface area contributed by atoms with Gasteiger partial charge in [0.2, 0.25) is 0 Å². The Hall–Kier alpha value is -0.400. The topological polar surface area (TPSA) is 93.3 Å².